The van der Waals surface area contributed by atoms with E-state index in [4.69, 9.17) is 33.9 Å². The maximum atomic E-state index is 12.1. The van der Waals surface area contributed by atoms with Gasteiger partial charge in [0, 0.05) is 29.3 Å². The van der Waals surface area contributed by atoms with Crippen LogP contribution in [0.25, 0.3) is 0 Å². The molecule has 0 bridgehead atoms. The van der Waals surface area contributed by atoms with E-state index in [0.717, 1.165) is 12.5 Å². The highest BCUT2D eigenvalue weighted by Gasteiger charge is 2.23. The first-order chi connectivity index (χ1) is 8.68. The van der Waals surface area contributed by atoms with Crippen molar-refractivity contribution < 1.29 is 13.2 Å². The molecule has 1 amide bonds. The van der Waals surface area contributed by atoms with Gasteiger partial charge in [-0.3, -0.25) is 4.79 Å². The molecule has 4 nitrogen and oxygen atoms in total. The smallest absolute Gasteiger partial charge is 0.262 e. The number of halogens is 3. The molecular formula is C11H12Cl3NO3S. The largest absolute Gasteiger partial charge is 0.342 e. The molecule has 106 valence electrons. The molecule has 0 saturated heterocycles. The SMILES string of the molecule is CCCN(C)C(=O)c1cc(Cl)cc(S(=O)(=O)Cl)c1Cl. The number of hydrogen-bond acceptors (Lipinski definition) is 3. The third-order valence-corrected chi connectivity index (χ3v) is 4.49. The molecule has 1 aromatic rings. The molecule has 0 radical (unpaired) electrons. The van der Waals surface area contributed by atoms with Gasteiger partial charge in [0.2, 0.25) is 0 Å². The Kier molecular flexibility index (Phi) is 5.50. The first kappa shape index (κ1) is 16.6. The molecule has 8 heteroatoms. The standard InChI is InChI=1S/C11H12Cl3NO3S/c1-3-4-15(2)11(16)8-5-7(12)6-9(10(8)13)19(14,17)18/h5-6H,3-4H2,1-2H3. The Morgan fingerprint density at radius 3 is 2.37 bits per heavy atom. The summed E-state index contributed by atoms with van der Waals surface area (Å²) in [6, 6.07) is 2.44. The van der Waals surface area contributed by atoms with Crippen LogP contribution in [0.15, 0.2) is 17.0 Å². The van der Waals surface area contributed by atoms with Crippen LogP contribution in [0.5, 0.6) is 0 Å². The fourth-order valence-electron chi connectivity index (χ4n) is 1.54. The molecule has 0 aliphatic rings. The van der Waals surface area contributed by atoms with Gasteiger partial charge in [0.05, 0.1) is 10.6 Å². The van der Waals surface area contributed by atoms with E-state index in [-0.39, 0.29) is 20.5 Å². The zero-order chi connectivity index (χ0) is 14.8. The van der Waals surface area contributed by atoms with Crippen molar-refractivity contribution in [2.45, 2.75) is 18.2 Å². The van der Waals surface area contributed by atoms with E-state index >= 15 is 0 Å². The fourth-order valence-corrected chi connectivity index (χ4v) is 3.39. The second kappa shape index (κ2) is 6.31. The number of benzene rings is 1. The Balaban J connectivity index is 3.38. The Labute approximate surface area is 126 Å². The Morgan fingerprint density at radius 1 is 1.32 bits per heavy atom. The number of carbonyl (C=O) groups excluding carboxylic acids is 1. The summed E-state index contributed by atoms with van der Waals surface area (Å²) >= 11 is 11.7. The van der Waals surface area contributed by atoms with Gasteiger partial charge >= 0.3 is 0 Å². The molecule has 0 aliphatic carbocycles. The first-order valence-corrected chi connectivity index (χ1v) is 8.44. The molecule has 1 rings (SSSR count). The summed E-state index contributed by atoms with van der Waals surface area (Å²) in [5.41, 5.74) is 0.0179. The lowest BCUT2D eigenvalue weighted by Crippen LogP contribution is -2.27. The number of rotatable bonds is 4. The fraction of sp³-hybridized carbons (Fsp3) is 0.364. The first-order valence-electron chi connectivity index (χ1n) is 5.37. The highest BCUT2D eigenvalue weighted by Crippen LogP contribution is 2.32. The highest BCUT2D eigenvalue weighted by molar-refractivity contribution is 8.13. The minimum Gasteiger partial charge on any atom is -0.342 e. The van der Waals surface area contributed by atoms with Gasteiger partial charge in [-0.1, -0.05) is 30.1 Å². The summed E-state index contributed by atoms with van der Waals surface area (Å²) in [5, 5.41) is -0.135. The minimum absolute atomic E-state index is 0.0179. The Morgan fingerprint density at radius 2 is 1.89 bits per heavy atom. The van der Waals surface area contributed by atoms with Crippen molar-refractivity contribution in [2.24, 2.45) is 0 Å². The number of carbonyl (C=O) groups is 1. The lowest BCUT2D eigenvalue weighted by molar-refractivity contribution is 0.0795. The Hall–Kier alpha value is -0.490. The second-order valence-electron chi connectivity index (χ2n) is 3.93. The van der Waals surface area contributed by atoms with E-state index in [1.807, 2.05) is 6.92 Å². The zero-order valence-corrected chi connectivity index (χ0v) is 13.4. The molecule has 0 N–H and O–H groups in total. The van der Waals surface area contributed by atoms with Crippen molar-refractivity contribution in [2.75, 3.05) is 13.6 Å². The van der Waals surface area contributed by atoms with Gasteiger partial charge in [0.1, 0.15) is 4.90 Å². The Bertz CT molecular complexity index is 601. The van der Waals surface area contributed by atoms with Crippen LogP contribution in [-0.4, -0.2) is 32.8 Å². The average Bonchev–Trinajstić information content (AvgIpc) is 2.29. The van der Waals surface area contributed by atoms with Gasteiger partial charge < -0.3 is 4.90 Å². The summed E-state index contributed by atoms with van der Waals surface area (Å²) in [6.45, 7) is 2.43. The van der Waals surface area contributed by atoms with Crippen LogP contribution >= 0.6 is 33.9 Å². The van der Waals surface area contributed by atoms with Gasteiger partial charge in [-0.15, -0.1) is 0 Å². The molecule has 0 fully saturated rings. The lowest BCUT2D eigenvalue weighted by Gasteiger charge is -2.17. The predicted octanol–water partition coefficient (Wildman–Crippen LogP) is 3.40. The molecule has 0 heterocycles. The molecule has 0 unspecified atom stereocenters. The molecule has 0 atom stereocenters. The highest BCUT2D eigenvalue weighted by atomic mass is 35.7. The maximum Gasteiger partial charge on any atom is 0.262 e. The van der Waals surface area contributed by atoms with E-state index in [1.165, 1.54) is 11.0 Å². The van der Waals surface area contributed by atoms with Crippen LogP contribution in [0.4, 0.5) is 0 Å². The third-order valence-electron chi connectivity index (χ3n) is 2.40. The van der Waals surface area contributed by atoms with Crippen molar-refractivity contribution in [3.05, 3.63) is 27.7 Å². The zero-order valence-electron chi connectivity index (χ0n) is 10.3. The van der Waals surface area contributed by atoms with Crippen molar-refractivity contribution >= 4 is 48.8 Å². The molecule has 0 spiro atoms. The van der Waals surface area contributed by atoms with Gasteiger partial charge in [-0.2, -0.15) is 0 Å². The molecule has 0 saturated carbocycles. The quantitative estimate of drug-likeness (QED) is 0.787. The number of hydrogen-bond donors (Lipinski definition) is 0. The third kappa shape index (κ3) is 3.99. The number of nitrogens with zero attached hydrogens (tertiary/aromatic N) is 1. The number of amides is 1. The van der Waals surface area contributed by atoms with Crippen molar-refractivity contribution in [3.8, 4) is 0 Å². The van der Waals surface area contributed by atoms with Gasteiger partial charge in [0.15, 0.2) is 0 Å². The molecular weight excluding hydrogens is 333 g/mol. The summed E-state index contributed by atoms with van der Waals surface area (Å²) in [5.74, 6) is -0.407. The van der Waals surface area contributed by atoms with Crippen LogP contribution < -0.4 is 0 Å². The van der Waals surface area contributed by atoms with Gasteiger partial charge in [-0.25, -0.2) is 8.42 Å². The average molecular weight is 345 g/mol. The maximum absolute atomic E-state index is 12.1. The van der Waals surface area contributed by atoms with E-state index in [2.05, 4.69) is 0 Å². The van der Waals surface area contributed by atoms with E-state index in [0.29, 0.717) is 6.54 Å². The molecule has 0 aromatic heterocycles. The topological polar surface area (TPSA) is 54.5 Å². The summed E-state index contributed by atoms with van der Waals surface area (Å²) in [7, 11) is 2.79. The van der Waals surface area contributed by atoms with Crippen molar-refractivity contribution in [3.63, 3.8) is 0 Å². The molecule has 1 aromatic carbocycles. The van der Waals surface area contributed by atoms with Crippen LogP contribution in [-0.2, 0) is 9.05 Å². The van der Waals surface area contributed by atoms with Gasteiger partial charge in [0.25, 0.3) is 15.0 Å². The van der Waals surface area contributed by atoms with Crippen molar-refractivity contribution in [1.82, 2.24) is 4.90 Å². The molecule has 19 heavy (non-hydrogen) atoms. The van der Waals surface area contributed by atoms with Crippen LogP contribution in [0.2, 0.25) is 10.0 Å². The van der Waals surface area contributed by atoms with Crippen LogP contribution in [0.1, 0.15) is 23.7 Å². The van der Waals surface area contributed by atoms with E-state index < -0.39 is 15.0 Å². The summed E-state index contributed by atoms with van der Waals surface area (Å²) < 4.78 is 22.7. The summed E-state index contributed by atoms with van der Waals surface area (Å²) in [4.78, 5) is 13.2. The van der Waals surface area contributed by atoms with Gasteiger partial charge in [-0.05, 0) is 18.6 Å². The second-order valence-corrected chi connectivity index (χ2v) is 7.28. The molecule has 0 aliphatic heterocycles. The van der Waals surface area contributed by atoms with Crippen molar-refractivity contribution in [1.29, 1.82) is 0 Å². The minimum atomic E-state index is -4.06. The predicted molar refractivity (Wildman–Crippen MR) is 76.8 cm³/mol. The van der Waals surface area contributed by atoms with Crippen LogP contribution in [0.3, 0.4) is 0 Å². The van der Waals surface area contributed by atoms with Crippen LogP contribution in [0, 0.1) is 0 Å². The lowest BCUT2D eigenvalue weighted by atomic mass is 10.2. The monoisotopic (exact) mass is 343 g/mol. The normalized spacial score (nSPS) is 11.4. The summed E-state index contributed by atoms with van der Waals surface area (Å²) in [6.07, 6.45) is 0.765. The van der Waals surface area contributed by atoms with E-state index in [9.17, 15) is 13.2 Å². The van der Waals surface area contributed by atoms with E-state index in [1.54, 1.807) is 7.05 Å².